The van der Waals surface area contributed by atoms with Crippen molar-refractivity contribution in [3.05, 3.63) is 53.9 Å². The molecule has 0 amide bonds. The summed E-state index contributed by atoms with van der Waals surface area (Å²) < 4.78 is 12.3. The van der Waals surface area contributed by atoms with E-state index in [0.29, 0.717) is 17.4 Å². The van der Waals surface area contributed by atoms with E-state index in [4.69, 9.17) is 10.2 Å². The zero-order chi connectivity index (χ0) is 16.1. The van der Waals surface area contributed by atoms with Crippen LogP contribution in [0.3, 0.4) is 0 Å². The highest BCUT2D eigenvalue weighted by Gasteiger charge is 2.39. The van der Waals surface area contributed by atoms with E-state index in [1.165, 1.54) is 30.3 Å². The third-order valence-corrected chi connectivity index (χ3v) is 3.88. The van der Waals surface area contributed by atoms with E-state index in [9.17, 15) is 14.0 Å². The monoisotopic (exact) mass is 304 g/mol. The number of carbonyl (C=O) groups is 2. The van der Waals surface area contributed by atoms with Crippen molar-refractivity contribution < 1.29 is 24.2 Å². The highest BCUT2D eigenvalue weighted by Crippen LogP contribution is 2.43. The second-order valence-electron chi connectivity index (χ2n) is 5.45. The van der Waals surface area contributed by atoms with Gasteiger partial charge in [-0.05, 0) is 48.4 Å². The lowest BCUT2D eigenvalue weighted by molar-refractivity contribution is -0.142. The molecule has 3 atom stereocenters. The molecule has 2 aliphatic rings. The van der Waals surface area contributed by atoms with E-state index in [1.807, 2.05) is 0 Å². The maximum absolute atomic E-state index is 12.3. The number of benzene rings is 1. The summed E-state index contributed by atoms with van der Waals surface area (Å²) in [7, 11) is 0. The van der Waals surface area contributed by atoms with E-state index < -0.39 is 11.9 Å². The van der Waals surface area contributed by atoms with Crippen LogP contribution in [0.25, 0.3) is 6.08 Å². The van der Waals surface area contributed by atoms with E-state index in [1.54, 1.807) is 0 Å². The van der Waals surface area contributed by atoms with Crippen LogP contribution in [0.5, 0.6) is 0 Å². The molecule has 2 N–H and O–H groups in total. The Morgan fingerprint density at radius 1 is 1.09 bits per heavy atom. The van der Waals surface area contributed by atoms with Gasteiger partial charge < -0.3 is 10.2 Å². The standard InChI is InChI=1S/C9H7FO2.C8H10O2/c10-8-4-1-7(2-5-8)3-6-9(11)12;9-8(10)7-4-5-1-2-6(7)3-5/h1-6H,(H,11,12);1-2,5-7H,3-4H2,(H,9,10). The van der Waals surface area contributed by atoms with E-state index in [-0.39, 0.29) is 11.7 Å². The first kappa shape index (κ1) is 15.9. The summed E-state index contributed by atoms with van der Waals surface area (Å²) in [5.41, 5.74) is 0.666. The van der Waals surface area contributed by atoms with Crippen LogP contribution < -0.4 is 0 Å². The molecule has 0 aliphatic heterocycles. The smallest absolute Gasteiger partial charge is 0.328 e. The number of fused-ring (bicyclic) bond motifs is 2. The summed E-state index contributed by atoms with van der Waals surface area (Å²) in [6, 6.07) is 5.58. The van der Waals surface area contributed by atoms with Crippen LogP contribution >= 0.6 is 0 Å². The summed E-state index contributed by atoms with van der Waals surface area (Å²) in [4.78, 5) is 20.6. The van der Waals surface area contributed by atoms with E-state index in [0.717, 1.165) is 18.9 Å². The predicted molar refractivity (Wildman–Crippen MR) is 79.5 cm³/mol. The third kappa shape index (κ3) is 4.28. The molecular weight excluding hydrogens is 287 g/mol. The fourth-order valence-electron chi connectivity index (χ4n) is 2.81. The van der Waals surface area contributed by atoms with Gasteiger partial charge in [0.15, 0.2) is 0 Å². The predicted octanol–water partition coefficient (Wildman–Crippen LogP) is 3.21. The largest absolute Gasteiger partial charge is 0.481 e. The summed E-state index contributed by atoms with van der Waals surface area (Å²) in [5.74, 6) is -1.11. The van der Waals surface area contributed by atoms with Crippen LogP contribution in [0.2, 0.25) is 0 Å². The molecule has 1 fully saturated rings. The lowest BCUT2D eigenvalue weighted by atomic mass is 9.94. The quantitative estimate of drug-likeness (QED) is 0.664. The second-order valence-corrected chi connectivity index (χ2v) is 5.45. The Kier molecular flexibility index (Phi) is 5.09. The summed E-state index contributed by atoms with van der Waals surface area (Å²) in [6.07, 6.45) is 8.58. The Morgan fingerprint density at radius 3 is 2.18 bits per heavy atom. The molecule has 4 nitrogen and oxygen atoms in total. The van der Waals surface area contributed by atoms with Gasteiger partial charge in [0.1, 0.15) is 5.82 Å². The van der Waals surface area contributed by atoms with Gasteiger partial charge in [-0.3, -0.25) is 4.79 Å². The fraction of sp³-hybridized carbons (Fsp3) is 0.294. The molecule has 2 aliphatic carbocycles. The molecule has 1 aromatic rings. The van der Waals surface area contributed by atoms with E-state index in [2.05, 4.69) is 12.2 Å². The molecule has 116 valence electrons. The topological polar surface area (TPSA) is 74.6 Å². The van der Waals surface area contributed by atoms with Crippen molar-refractivity contribution in [2.24, 2.45) is 17.8 Å². The Morgan fingerprint density at radius 2 is 1.77 bits per heavy atom. The summed E-state index contributed by atoms with van der Waals surface area (Å²) in [5, 5.41) is 17.0. The Balaban J connectivity index is 0.000000162. The molecule has 0 aromatic heterocycles. The first-order valence-electron chi connectivity index (χ1n) is 7.03. The SMILES string of the molecule is O=C(O)C1CC2C=CC1C2.O=C(O)C=Cc1ccc(F)cc1. The van der Waals surface area contributed by atoms with Crippen molar-refractivity contribution >= 4 is 18.0 Å². The zero-order valence-electron chi connectivity index (χ0n) is 11.9. The number of aliphatic carboxylic acids is 2. The van der Waals surface area contributed by atoms with Crippen LogP contribution in [0, 0.1) is 23.6 Å². The van der Waals surface area contributed by atoms with Crippen molar-refractivity contribution in [3.8, 4) is 0 Å². The highest BCUT2D eigenvalue weighted by atomic mass is 19.1. The zero-order valence-corrected chi connectivity index (χ0v) is 11.9. The maximum atomic E-state index is 12.3. The number of hydrogen-bond acceptors (Lipinski definition) is 2. The Hall–Kier alpha value is -2.43. The first-order chi connectivity index (χ1) is 10.5. The molecule has 0 radical (unpaired) electrons. The van der Waals surface area contributed by atoms with Crippen LogP contribution in [0.4, 0.5) is 4.39 Å². The Bertz CT molecular complexity index is 604. The van der Waals surface area contributed by atoms with Crippen LogP contribution in [0.1, 0.15) is 18.4 Å². The van der Waals surface area contributed by atoms with Gasteiger partial charge in [0.2, 0.25) is 0 Å². The molecule has 0 saturated heterocycles. The molecule has 0 heterocycles. The molecule has 22 heavy (non-hydrogen) atoms. The minimum Gasteiger partial charge on any atom is -0.481 e. The molecule has 2 bridgehead atoms. The molecular formula is C17H17FO4. The van der Waals surface area contributed by atoms with Crippen molar-refractivity contribution in [1.29, 1.82) is 0 Å². The second kappa shape index (κ2) is 7.02. The lowest BCUT2D eigenvalue weighted by Crippen LogP contribution is -2.17. The van der Waals surface area contributed by atoms with Crippen molar-refractivity contribution in [1.82, 2.24) is 0 Å². The number of carboxylic acids is 2. The minimum absolute atomic E-state index is 0.0741. The lowest BCUT2D eigenvalue weighted by Gasteiger charge is -2.11. The van der Waals surface area contributed by atoms with Crippen LogP contribution in [0.15, 0.2) is 42.5 Å². The molecule has 3 unspecified atom stereocenters. The maximum Gasteiger partial charge on any atom is 0.328 e. The minimum atomic E-state index is -1.01. The van der Waals surface area contributed by atoms with Gasteiger partial charge >= 0.3 is 11.9 Å². The number of hydrogen-bond donors (Lipinski definition) is 2. The normalized spacial score (nSPS) is 25.0. The van der Waals surface area contributed by atoms with Crippen LogP contribution in [-0.2, 0) is 9.59 Å². The molecule has 1 aromatic carbocycles. The summed E-state index contributed by atoms with van der Waals surface area (Å²) >= 11 is 0. The first-order valence-corrected chi connectivity index (χ1v) is 7.03. The number of rotatable bonds is 3. The summed E-state index contributed by atoms with van der Waals surface area (Å²) in [6.45, 7) is 0. The number of halogens is 1. The molecule has 5 heteroatoms. The number of allylic oxidation sites excluding steroid dienone is 2. The van der Waals surface area contributed by atoms with Gasteiger partial charge in [-0.2, -0.15) is 0 Å². The van der Waals surface area contributed by atoms with Gasteiger partial charge in [-0.1, -0.05) is 24.3 Å². The van der Waals surface area contributed by atoms with Gasteiger partial charge in [-0.15, -0.1) is 0 Å². The molecule has 0 spiro atoms. The van der Waals surface area contributed by atoms with E-state index >= 15 is 0 Å². The Labute approximate surface area is 127 Å². The average molecular weight is 304 g/mol. The molecule has 1 saturated carbocycles. The molecule has 3 rings (SSSR count). The van der Waals surface area contributed by atoms with Crippen LogP contribution in [-0.4, -0.2) is 22.2 Å². The fourth-order valence-corrected chi connectivity index (χ4v) is 2.81. The van der Waals surface area contributed by atoms with Crippen molar-refractivity contribution in [2.75, 3.05) is 0 Å². The number of carboxylic acid groups (broad SMARTS) is 2. The third-order valence-electron chi connectivity index (χ3n) is 3.88. The highest BCUT2D eigenvalue weighted by molar-refractivity contribution is 5.85. The van der Waals surface area contributed by atoms with Crippen molar-refractivity contribution in [3.63, 3.8) is 0 Å². The average Bonchev–Trinajstić information content (AvgIpc) is 3.10. The van der Waals surface area contributed by atoms with Gasteiger partial charge in [-0.25, -0.2) is 9.18 Å². The van der Waals surface area contributed by atoms with Gasteiger partial charge in [0.05, 0.1) is 5.92 Å². The van der Waals surface area contributed by atoms with Gasteiger partial charge in [0, 0.05) is 6.08 Å². The van der Waals surface area contributed by atoms with Crippen molar-refractivity contribution in [2.45, 2.75) is 12.8 Å². The van der Waals surface area contributed by atoms with Gasteiger partial charge in [0.25, 0.3) is 0 Å².